The van der Waals surface area contributed by atoms with Crippen LogP contribution in [-0.4, -0.2) is 27.6 Å². The van der Waals surface area contributed by atoms with Gasteiger partial charge in [0.15, 0.2) is 0 Å². The molecule has 0 aromatic carbocycles. The average molecular weight is 247 g/mol. The Morgan fingerprint density at radius 3 is 2.78 bits per heavy atom. The van der Waals surface area contributed by atoms with E-state index >= 15 is 0 Å². The minimum Gasteiger partial charge on any atom is -0.369 e. The molecule has 0 bridgehead atoms. The van der Waals surface area contributed by atoms with Crippen LogP contribution in [0.5, 0.6) is 0 Å². The summed E-state index contributed by atoms with van der Waals surface area (Å²) >= 11 is 0. The van der Waals surface area contributed by atoms with Crippen LogP contribution in [-0.2, 0) is 0 Å². The van der Waals surface area contributed by atoms with Gasteiger partial charge in [0.05, 0.1) is 18.1 Å². The molecule has 0 saturated heterocycles. The maximum Gasteiger partial charge on any atom is 0.278 e. The van der Waals surface area contributed by atoms with Crippen LogP contribution in [0.4, 0.5) is 11.7 Å². The van der Waals surface area contributed by atoms with Crippen molar-refractivity contribution in [1.29, 1.82) is 0 Å². The van der Waals surface area contributed by atoms with Crippen molar-refractivity contribution in [1.82, 2.24) is 15.1 Å². The molecule has 0 aliphatic rings. The zero-order valence-corrected chi connectivity index (χ0v) is 10.1. The summed E-state index contributed by atoms with van der Waals surface area (Å²) in [4.78, 5) is 19.8. The molecule has 7 nitrogen and oxygen atoms in total. The Morgan fingerprint density at radius 2 is 2.22 bits per heavy atom. The lowest BCUT2D eigenvalue weighted by Gasteiger charge is -2.02. The zero-order valence-electron chi connectivity index (χ0n) is 10.1. The molecule has 7 heteroatoms. The summed E-state index contributed by atoms with van der Waals surface area (Å²) in [6.07, 6.45) is 2.90. The highest BCUT2D eigenvalue weighted by Gasteiger charge is 2.10. The van der Waals surface area contributed by atoms with Gasteiger partial charge >= 0.3 is 0 Å². The van der Waals surface area contributed by atoms with Gasteiger partial charge in [0, 0.05) is 12.6 Å². The largest absolute Gasteiger partial charge is 0.369 e. The summed E-state index contributed by atoms with van der Waals surface area (Å²) < 4.78 is 4.88. The number of amides is 1. The lowest BCUT2D eigenvalue weighted by Crippen LogP contribution is -2.14. The quantitative estimate of drug-likeness (QED) is 0.849. The van der Waals surface area contributed by atoms with Crippen LogP contribution in [0.15, 0.2) is 23.0 Å². The van der Waals surface area contributed by atoms with Gasteiger partial charge in [-0.1, -0.05) is 5.16 Å². The minimum atomic E-state index is -0.387. The second-order valence-electron chi connectivity index (χ2n) is 3.60. The highest BCUT2D eigenvalue weighted by Crippen LogP contribution is 2.10. The summed E-state index contributed by atoms with van der Waals surface area (Å²) in [7, 11) is 0. The normalized spacial score (nSPS) is 10.1. The Labute approximate surface area is 104 Å². The minimum absolute atomic E-state index is 0.214. The van der Waals surface area contributed by atoms with Crippen molar-refractivity contribution >= 4 is 17.6 Å². The molecule has 0 fully saturated rings. The van der Waals surface area contributed by atoms with Crippen LogP contribution in [0.25, 0.3) is 0 Å². The van der Waals surface area contributed by atoms with Gasteiger partial charge in [0.1, 0.15) is 11.5 Å². The van der Waals surface area contributed by atoms with Crippen LogP contribution < -0.4 is 10.6 Å². The molecule has 0 unspecified atom stereocenters. The van der Waals surface area contributed by atoms with Crippen LogP contribution in [0.1, 0.15) is 23.1 Å². The Kier molecular flexibility index (Phi) is 3.52. The maximum absolute atomic E-state index is 11.8. The predicted molar refractivity (Wildman–Crippen MR) is 65.4 cm³/mol. The Morgan fingerprint density at radius 1 is 1.39 bits per heavy atom. The van der Waals surface area contributed by atoms with Gasteiger partial charge in [-0.2, -0.15) is 0 Å². The van der Waals surface area contributed by atoms with E-state index in [-0.39, 0.29) is 17.5 Å². The van der Waals surface area contributed by atoms with Crippen molar-refractivity contribution in [2.75, 3.05) is 17.2 Å². The van der Waals surface area contributed by atoms with Crippen LogP contribution in [0, 0.1) is 6.92 Å². The van der Waals surface area contributed by atoms with Crippen molar-refractivity contribution < 1.29 is 9.32 Å². The molecule has 0 radical (unpaired) electrons. The molecule has 2 aromatic heterocycles. The van der Waals surface area contributed by atoms with Crippen LogP contribution in [0.3, 0.4) is 0 Å². The molecule has 0 saturated carbocycles. The van der Waals surface area contributed by atoms with E-state index < -0.39 is 0 Å². The second-order valence-corrected chi connectivity index (χ2v) is 3.60. The first-order valence-corrected chi connectivity index (χ1v) is 5.49. The molecule has 2 N–H and O–H groups in total. The summed E-state index contributed by atoms with van der Waals surface area (Å²) in [5.74, 6) is 0.529. The van der Waals surface area contributed by atoms with Crippen molar-refractivity contribution in [3.8, 4) is 0 Å². The van der Waals surface area contributed by atoms with Crippen LogP contribution >= 0.6 is 0 Å². The monoisotopic (exact) mass is 247 g/mol. The zero-order chi connectivity index (χ0) is 13.0. The third-order valence-corrected chi connectivity index (χ3v) is 2.11. The summed E-state index contributed by atoms with van der Waals surface area (Å²) in [5, 5.41) is 9.20. The molecule has 2 heterocycles. The van der Waals surface area contributed by atoms with Crippen molar-refractivity contribution in [2.45, 2.75) is 13.8 Å². The number of aromatic nitrogens is 3. The van der Waals surface area contributed by atoms with E-state index in [4.69, 9.17) is 4.52 Å². The fourth-order valence-electron chi connectivity index (χ4n) is 1.32. The number of aryl methyl sites for hydroxylation is 1. The Balaban J connectivity index is 2.04. The lowest BCUT2D eigenvalue weighted by atomic mass is 10.4. The maximum atomic E-state index is 11.8. The molecule has 0 aliphatic heterocycles. The number of rotatable bonds is 4. The fourth-order valence-corrected chi connectivity index (χ4v) is 1.32. The predicted octanol–water partition coefficient (Wildman–Crippen LogP) is 1.46. The molecule has 1 amide bonds. The lowest BCUT2D eigenvalue weighted by molar-refractivity contribution is 0.101. The molecule has 0 aliphatic carbocycles. The number of nitrogens with zero attached hydrogens (tertiary/aromatic N) is 3. The van der Waals surface area contributed by atoms with Gasteiger partial charge in [-0.25, -0.2) is 9.97 Å². The highest BCUT2D eigenvalue weighted by atomic mass is 16.5. The number of hydrogen-bond donors (Lipinski definition) is 2. The van der Waals surface area contributed by atoms with E-state index in [0.29, 0.717) is 11.5 Å². The number of hydrogen-bond acceptors (Lipinski definition) is 6. The van der Waals surface area contributed by atoms with E-state index in [1.165, 1.54) is 12.4 Å². The number of nitrogens with one attached hydrogen (secondary N) is 2. The summed E-state index contributed by atoms with van der Waals surface area (Å²) in [6, 6.07) is 1.62. The van der Waals surface area contributed by atoms with E-state index in [2.05, 4.69) is 25.8 Å². The molecular formula is C11H13N5O2. The first kappa shape index (κ1) is 12.0. The molecule has 94 valence electrons. The van der Waals surface area contributed by atoms with Crippen molar-refractivity contribution in [3.63, 3.8) is 0 Å². The van der Waals surface area contributed by atoms with Gasteiger partial charge in [-0.05, 0) is 13.8 Å². The number of anilines is 2. The van der Waals surface area contributed by atoms with Gasteiger partial charge in [0.25, 0.3) is 5.91 Å². The average Bonchev–Trinajstić information content (AvgIpc) is 2.76. The third-order valence-electron chi connectivity index (χ3n) is 2.11. The number of carbonyl (C=O) groups is 1. The first-order valence-electron chi connectivity index (χ1n) is 5.49. The highest BCUT2D eigenvalue weighted by molar-refractivity contribution is 6.01. The van der Waals surface area contributed by atoms with Crippen molar-refractivity contribution in [3.05, 3.63) is 29.8 Å². The molecule has 2 rings (SSSR count). The standard InChI is InChI=1S/C11H13N5O2/c1-3-12-9-6-13-8(5-14-9)11(17)15-10-4-7(2)16-18-10/h4-6H,3H2,1-2H3,(H,12,14)(H,15,17). The van der Waals surface area contributed by atoms with Gasteiger partial charge in [-0.3, -0.25) is 10.1 Å². The van der Waals surface area contributed by atoms with E-state index in [0.717, 1.165) is 6.54 Å². The Hall–Kier alpha value is -2.44. The van der Waals surface area contributed by atoms with Gasteiger partial charge in [-0.15, -0.1) is 0 Å². The summed E-state index contributed by atoms with van der Waals surface area (Å²) in [5.41, 5.74) is 0.907. The fraction of sp³-hybridized carbons (Fsp3) is 0.273. The second kappa shape index (κ2) is 5.26. The SMILES string of the molecule is CCNc1cnc(C(=O)Nc2cc(C)no2)cn1. The smallest absolute Gasteiger partial charge is 0.278 e. The van der Waals surface area contributed by atoms with Crippen LogP contribution in [0.2, 0.25) is 0 Å². The number of carbonyl (C=O) groups excluding carboxylic acids is 1. The molecule has 0 atom stereocenters. The molecule has 0 spiro atoms. The first-order chi connectivity index (χ1) is 8.69. The molecular weight excluding hydrogens is 234 g/mol. The molecule has 18 heavy (non-hydrogen) atoms. The summed E-state index contributed by atoms with van der Waals surface area (Å²) in [6.45, 7) is 4.47. The van der Waals surface area contributed by atoms with E-state index in [9.17, 15) is 4.79 Å². The Bertz CT molecular complexity index is 535. The van der Waals surface area contributed by atoms with Gasteiger partial charge < -0.3 is 9.84 Å². The van der Waals surface area contributed by atoms with Gasteiger partial charge in [0.2, 0.25) is 5.88 Å². The third kappa shape index (κ3) is 2.82. The van der Waals surface area contributed by atoms with E-state index in [1.54, 1.807) is 13.0 Å². The topological polar surface area (TPSA) is 92.9 Å². The van der Waals surface area contributed by atoms with E-state index in [1.807, 2.05) is 6.92 Å². The molecule has 2 aromatic rings. The van der Waals surface area contributed by atoms with Crippen molar-refractivity contribution in [2.24, 2.45) is 0 Å².